The third kappa shape index (κ3) is 2.56. The van der Waals surface area contributed by atoms with Crippen molar-refractivity contribution < 1.29 is 4.74 Å². The Bertz CT molecular complexity index is 1250. The summed E-state index contributed by atoms with van der Waals surface area (Å²) in [5.41, 5.74) is 5.06. The highest BCUT2D eigenvalue weighted by molar-refractivity contribution is 6.31. The van der Waals surface area contributed by atoms with Crippen LogP contribution < -0.4 is 4.74 Å². The van der Waals surface area contributed by atoms with Gasteiger partial charge in [-0.25, -0.2) is 4.85 Å². The quantitative estimate of drug-likeness (QED) is 0.296. The second kappa shape index (κ2) is 6.16. The van der Waals surface area contributed by atoms with Crippen molar-refractivity contribution in [2.75, 3.05) is 0 Å². The zero-order valence-corrected chi connectivity index (χ0v) is 15.1. The van der Waals surface area contributed by atoms with Crippen molar-refractivity contribution >= 4 is 28.1 Å². The lowest BCUT2D eigenvalue weighted by Crippen LogP contribution is -1.99. The van der Waals surface area contributed by atoms with E-state index in [-0.39, 0.29) is 0 Å². The maximum atomic E-state index is 7.41. The second-order valence-electron chi connectivity index (χ2n) is 6.62. The lowest BCUT2D eigenvalue weighted by atomic mass is 9.92. The topological polar surface area (TPSA) is 13.6 Å². The maximum absolute atomic E-state index is 7.41. The van der Waals surface area contributed by atoms with E-state index < -0.39 is 0 Å². The average Bonchev–Trinajstić information content (AvgIpc) is 2.70. The summed E-state index contributed by atoms with van der Waals surface area (Å²) in [5, 5.41) is 2.72. The normalized spacial score (nSPS) is 11.6. The number of ether oxygens (including phenoxy) is 1. The Kier molecular flexibility index (Phi) is 3.63. The Balaban J connectivity index is 1.64. The summed E-state index contributed by atoms with van der Waals surface area (Å²) in [7, 11) is 0. The molecule has 0 saturated heterocycles. The van der Waals surface area contributed by atoms with Gasteiger partial charge in [0.25, 0.3) is 0 Å². The van der Waals surface area contributed by atoms with E-state index in [0.29, 0.717) is 5.69 Å². The molecule has 0 radical (unpaired) electrons. The van der Waals surface area contributed by atoms with Gasteiger partial charge in [0.05, 0.1) is 6.57 Å². The number of rotatable bonds is 2. The molecule has 1 aliphatic heterocycles. The minimum atomic E-state index is 0.651. The van der Waals surface area contributed by atoms with Gasteiger partial charge in [-0.15, -0.1) is 0 Å². The zero-order chi connectivity index (χ0) is 18.4. The lowest BCUT2D eigenvalue weighted by molar-refractivity contribution is 0.486. The molecule has 0 amide bonds. The van der Waals surface area contributed by atoms with Crippen molar-refractivity contribution in [1.29, 1.82) is 0 Å². The van der Waals surface area contributed by atoms with Crippen molar-refractivity contribution in [1.82, 2.24) is 0 Å². The van der Waals surface area contributed by atoms with Crippen molar-refractivity contribution in [3.05, 3.63) is 100 Å². The zero-order valence-electron chi connectivity index (χ0n) is 14.4. The van der Waals surface area contributed by atoms with E-state index in [4.69, 9.17) is 22.9 Å². The molecule has 0 aliphatic carbocycles. The predicted octanol–water partition coefficient (Wildman–Crippen LogP) is 7.41. The first-order valence-corrected chi connectivity index (χ1v) is 9.10. The van der Waals surface area contributed by atoms with Crippen LogP contribution in [-0.4, -0.2) is 0 Å². The van der Waals surface area contributed by atoms with E-state index in [1.165, 1.54) is 0 Å². The van der Waals surface area contributed by atoms with E-state index in [9.17, 15) is 0 Å². The van der Waals surface area contributed by atoms with Gasteiger partial charge in [0.15, 0.2) is 5.69 Å². The molecule has 0 saturated carbocycles. The molecule has 0 aromatic heterocycles. The highest BCUT2D eigenvalue weighted by Crippen LogP contribution is 2.48. The minimum Gasteiger partial charge on any atom is -0.456 e. The van der Waals surface area contributed by atoms with Gasteiger partial charge in [0, 0.05) is 16.0 Å². The number of nitrogens with zero attached hydrogens (tertiary/aromatic N) is 1. The van der Waals surface area contributed by atoms with Gasteiger partial charge in [-0.3, -0.25) is 0 Å². The number of hydrogen-bond acceptors (Lipinski definition) is 1. The summed E-state index contributed by atoms with van der Waals surface area (Å²) in [6, 6.07) is 24.0. The SMILES string of the molecule is [C-]#[N+]c1ccc2c3c(cccc13)-c1ccc(Cc3ccccc3Cl)cc1O2. The molecule has 4 aromatic carbocycles. The molecule has 0 spiro atoms. The van der Waals surface area contributed by atoms with Gasteiger partial charge in [-0.1, -0.05) is 66.2 Å². The molecular formula is C24H14ClNO. The highest BCUT2D eigenvalue weighted by atomic mass is 35.5. The summed E-state index contributed by atoms with van der Waals surface area (Å²) in [5.74, 6) is 1.64. The Morgan fingerprint density at radius 2 is 1.74 bits per heavy atom. The molecule has 1 heterocycles. The molecular weight excluding hydrogens is 354 g/mol. The molecule has 0 bridgehead atoms. The number of hydrogen-bond donors (Lipinski definition) is 0. The number of fused-ring (bicyclic) bond motifs is 2. The molecule has 4 aromatic rings. The van der Waals surface area contributed by atoms with Crippen molar-refractivity contribution in [2.45, 2.75) is 6.42 Å². The van der Waals surface area contributed by atoms with Crippen LogP contribution in [0, 0.1) is 6.57 Å². The van der Waals surface area contributed by atoms with E-state index in [1.807, 2.05) is 48.5 Å². The fourth-order valence-corrected chi connectivity index (χ4v) is 3.93. The van der Waals surface area contributed by atoms with Crippen LogP contribution in [0.3, 0.4) is 0 Å². The molecule has 5 rings (SSSR count). The van der Waals surface area contributed by atoms with Crippen LogP contribution >= 0.6 is 11.6 Å². The van der Waals surface area contributed by atoms with E-state index in [1.54, 1.807) is 0 Å². The molecule has 0 fully saturated rings. The van der Waals surface area contributed by atoms with Crippen molar-refractivity contribution in [2.24, 2.45) is 0 Å². The molecule has 0 atom stereocenters. The summed E-state index contributed by atoms with van der Waals surface area (Å²) in [6.45, 7) is 7.41. The average molecular weight is 368 g/mol. The standard InChI is InChI=1S/C24H14ClNO/c1-26-21-11-12-22-24-18(6-4-7-19(21)24)17-10-9-15(14-23(17)27-22)13-16-5-2-3-8-20(16)25/h2-12,14H,13H2. The van der Waals surface area contributed by atoms with E-state index >= 15 is 0 Å². The third-order valence-electron chi connectivity index (χ3n) is 5.01. The van der Waals surface area contributed by atoms with Crippen LogP contribution in [0.1, 0.15) is 11.1 Å². The van der Waals surface area contributed by atoms with Crippen molar-refractivity contribution in [3.8, 4) is 22.6 Å². The molecule has 27 heavy (non-hydrogen) atoms. The summed E-state index contributed by atoms with van der Waals surface area (Å²) < 4.78 is 6.22. The van der Waals surface area contributed by atoms with Crippen LogP contribution in [0.4, 0.5) is 5.69 Å². The molecule has 2 nitrogen and oxygen atoms in total. The van der Waals surface area contributed by atoms with Gasteiger partial charge < -0.3 is 4.74 Å². The van der Waals surface area contributed by atoms with Crippen LogP contribution in [0.15, 0.2) is 72.8 Å². The van der Waals surface area contributed by atoms with Crippen LogP contribution in [0.2, 0.25) is 5.02 Å². The van der Waals surface area contributed by atoms with E-state index in [2.05, 4.69) is 29.1 Å². The second-order valence-corrected chi connectivity index (χ2v) is 7.03. The van der Waals surface area contributed by atoms with Gasteiger partial charge >= 0.3 is 0 Å². The minimum absolute atomic E-state index is 0.651. The molecule has 128 valence electrons. The first kappa shape index (κ1) is 15.9. The first-order chi connectivity index (χ1) is 13.2. The lowest BCUT2D eigenvalue weighted by Gasteiger charge is -2.22. The van der Waals surface area contributed by atoms with Gasteiger partial charge in [0.2, 0.25) is 0 Å². The summed E-state index contributed by atoms with van der Waals surface area (Å²) in [4.78, 5) is 3.65. The Labute approximate surface area is 162 Å². The van der Waals surface area contributed by atoms with Crippen LogP contribution in [0.5, 0.6) is 11.5 Å². The van der Waals surface area contributed by atoms with Gasteiger partial charge in [-0.05, 0) is 46.7 Å². The fourth-order valence-electron chi connectivity index (χ4n) is 3.73. The predicted molar refractivity (Wildman–Crippen MR) is 110 cm³/mol. The molecule has 1 aliphatic rings. The Morgan fingerprint density at radius 3 is 2.59 bits per heavy atom. The smallest absolute Gasteiger partial charge is 0.195 e. The monoisotopic (exact) mass is 367 g/mol. The molecule has 0 unspecified atom stereocenters. The number of halogens is 1. The van der Waals surface area contributed by atoms with Gasteiger partial charge in [0.1, 0.15) is 11.5 Å². The van der Waals surface area contributed by atoms with Crippen LogP contribution in [-0.2, 0) is 6.42 Å². The summed E-state index contributed by atoms with van der Waals surface area (Å²) >= 11 is 6.31. The van der Waals surface area contributed by atoms with E-state index in [0.717, 1.165) is 56.0 Å². The fraction of sp³-hybridized carbons (Fsp3) is 0.0417. The maximum Gasteiger partial charge on any atom is 0.195 e. The molecule has 3 heteroatoms. The molecule has 0 N–H and O–H groups in total. The third-order valence-corrected chi connectivity index (χ3v) is 5.38. The largest absolute Gasteiger partial charge is 0.456 e. The summed E-state index contributed by atoms with van der Waals surface area (Å²) in [6.07, 6.45) is 0.754. The van der Waals surface area contributed by atoms with Crippen LogP contribution in [0.25, 0.3) is 26.7 Å². The first-order valence-electron chi connectivity index (χ1n) is 8.72. The van der Waals surface area contributed by atoms with Crippen molar-refractivity contribution in [3.63, 3.8) is 0 Å². The number of benzene rings is 4. The Hall–Kier alpha value is -3.28. The Morgan fingerprint density at radius 1 is 0.852 bits per heavy atom. The highest BCUT2D eigenvalue weighted by Gasteiger charge is 2.21. The van der Waals surface area contributed by atoms with Gasteiger partial charge in [-0.2, -0.15) is 0 Å².